The van der Waals surface area contributed by atoms with Crippen molar-refractivity contribution in [2.45, 2.75) is 0 Å². The normalized spacial score (nSPS) is 0. The molecule has 1 nitrogen and oxygen atoms in total. The molecule has 0 aromatic carbocycles. The van der Waals surface area contributed by atoms with Gasteiger partial charge in [-0.2, -0.15) is 0 Å². The minimum atomic E-state index is 0. The van der Waals surface area contributed by atoms with Crippen LogP contribution in [0.4, 0.5) is 0 Å². The fourth-order valence-electron chi connectivity index (χ4n) is 0. The third-order valence-corrected chi connectivity index (χ3v) is 0. The summed E-state index contributed by atoms with van der Waals surface area (Å²) in [5.41, 5.74) is 0. The van der Waals surface area contributed by atoms with Gasteiger partial charge in [-0.15, -0.1) is 0 Å². The summed E-state index contributed by atoms with van der Waals surface area (Å²) < 4.78 is 0. The maximum absolute atomic E-state index is 0. The van der Waals surface area contributed by atoms with E-state index in [-0.39, 0.29) is 76.9 Å². The van der Waals surface area contributed by atoms with Gasteiger partial charge in [0.25, 0.3) is 0 Å². The van der Waals surface area contributed by atoms with E-state index in [1.54, 1.807) is 0 Å². The summed E-state index contributed by atoms with van der Waals surface area (Å²) in [6.45, 7) is 0. The van der Waals surface area contributed by atoms with Crippen LogP contribution in [-0.4, -0.2) is 76.9 Å². The van der Waals surface area contributed by atoms with Gasteiger partial charge in [0, 0.05) is 71.5 Å². The van der Waals surface area contributed by atoms with E-state index in [1.165, 1.54) is 0 Å². The summed E-state index contributed by atoms with van der Waals surface area (Å²) in [5.74, 6) is 0. The number of rotatable bonds is 0. The molecule has 0 aliphatic rings. The minimum absolute atomic E-state index is 0. The Bertz CT molecular complexity index is 8.00. The fourth-order valence-corrected chi connectivity index (χ4v) is 0. The zero-order valence-electron chi connectivity index (χ0n) is 3.21. The number of hydrogen-bond acceptors (Lipinski definition) is 0. The van der Waals surface area contributed by atoms with E-state index in [4.69, 9.17) is 0 Å². The predicted molar refractivity (Wildman–Crippen MR) is 20.9 cm³/mol. The fraction of sp³-hybridized carbons (Fsp3) is 0. The van der Waals surface area contributed by atoms with E-state index in [0.29, 0.717) is 0 Å². The van der Waals surface area contributed by atoms with E-state index >= 15 is 0 Å². The molecule has 0 saturated heterocycles. The van der Waals surface area contributed by atoms with Gasteiger partial charge in [-0.3, -0.25) is 0 Å². The summed E-state index contributed by atoms with van der Waals surface area (Å²) in [6.07, 6.45) is 0. The SMILES string of the molecule is O.[Li].[Mg].[Na]. The largest absolute Gasteiger partial charge is 0.412 e. The van der Waals surface area contributed by atoms with Crippen LogP contribution in [0.25, 0.3) is 0 Å². The van der Waals surface area contributed by atoms with Crippen molar-refractivity contribution in [3.05, 3.63) is 0 Å². The summed E-state index contributed by atoms with van der Waals surface area (Å²) in [6, 6.07) is 0. The van der Waals surface area contributed by atoms with Crippen molar-refractivity contribution in [3.8, 4) is 0 Å². The molecule has 0 unspecified atom stereocenters. The van der Waals surface area contributed by atoms with Crippen LogP contribution in [0.3, 0.4) is 0 Å². The monoisotopic (exact) mass is 72.0 g/mol. The molecule has 0 aliphatic carbocycles. The topological polar surface area (TPSA) is 31.5 Å². The van der Waals surface area contributed by atoms with Crippen LogP contribution in [0.15, 0.2) is 0 Å². The predicted octanol–water partition coefficient (Wildman–Crippen LogP) is -1.97. The van der Waals surface area contributed by atoms with Crippen LogP contribution in [0.2, 0.25) is 0 Å². The Morgan fingerprint density at radius 2 is 1.00 bits per heavy atom. The summed E-state index contributed by atoms with van der Waals surface area (Å²) >= 11 is 0. The first-order valence-electron chi connectivity index (χ1n) is 0. The molecule has 0 rings (SSSR count). The smallest absolute Gasteiger partial charge is 0 e. The Morgan fingerprint density at radius 1 is 1.00 bits per heavy atom. The van der Waals surface area contributed by atoms with E-state index in [2.05, 4.69) is 0 Å². The van der Waals surface area contributed by atoms with Gasteiger partial charge in [-0.05, 0) is 0 Å². The Balaban J connectivity index is 0. The first-order valence-corrected chi connectivity index (χ1v) is 0. The van der Waals surface area contributed by atoms with Gasteiger partial charge in [0.15, 0.2) is 0 Å². The summed E-state index contributed by atoms with van der Waals surface area (Å²) in [4.78, 5) is 0. The van der Waals surface area contributed by atoms with Crippen LogP contribution in [0, 0.1) is 0 Å². The molecule has 0 bridgehead atoms. The molecule has 0 amide bonds. The number of hydrogen-bond donors (Lipinski definition) is 0. The molecule has 0 atom stereocenters. The van der Waals surface area contributed by atoms with Gasteiger partial charge in [0.2, 0.25) is 0 Å². The molecule has 4 heavy (non-hydrogen) atoms. The second kappa shape index (κ2) is 18.4. The Hall–Kier alpha value is 2.32. The maximum Gasteiger partial charge on any atom is 0 e. The molecule has 4 radical (unpaired) electrons. The average Bonchev–Trinajstić information content (AvgIpc) is 0. The van der Waals surface area contributed by atoms with Crippen molar-refractivity contribution in [1.82, 2.24) is 0 Å². The van der Waals surface area contributed by atoms with Crippen molar-refractivity contribution in [3.63, 3.8) is 0 Å². The zero-order valence-corrected chi connectivity index (χ0v) is 6.62. The third-order valence-electron chi connectivity index (χ3n) is 0. The third kappa shape index (κ3) is 8.85. The molecule has 4 heteroatoms. The van der Waals surface area contributed by atoms with Crippen LogP contribution in [0.5, 0.6) is 0 Å². The average molecular weight is 72.3 g/mol. The van der Waals surface area contributed by atoms with Crippen LogP contribution < -0.4 is 0 Å². The first-order chi connectivity index (χ1) is 0. The van der Waals surface area contributed by atoms with Gasteiger partial charge in [0.1, 0.15) is 0 Å². The second-order valence-corrected chi connectivity index (χ2v) is 0. The molecule has 0 spiro atoms. The second-order valence-electron chi connectivity index (χ2n) is 0. The van der Waals surface area contributed by atoms with Crippen molar-refractivity contribution >= 4 is 71.5 Å². The van der Waals surface area contributed by atoms with Gasteiger partial charge in [-0.25, -0.2) is 0 Å². The molecular formula is H2LiMgNaO. The van der Waals surface area contributed by atoms with E-state index in [1.807, 2.05) is 0 Å². The molecule has 12 valence electrons. The molecular weight excluding hydrogens is 70.2 g/mol. The van der Waals surface area contributed by atoms with Crippen molar-refractivity contribution in [2.24, 2.45) is 0 Å². The minimum Gasteiger partial charge on any atom is -0.412 e. The van der Waals surface area contributed by atoms with Crippen molar-refractivity contribution in [1.29, 1.82) is 0 Å². The molecule has 2 N–H and O–H groups in total. The molecule has 0 saturated carbocycles. The van der Waals surface area contributed by atoms with Gasteiger partial charge in [-0.1, -0.05) is 0 Å². The Labute approximate surface area is 75.8 Å². The van der Waals surface area contributed by atoms with E-state index < -0.39 is 0 Å². The Kier molecular flexibility index (Phi) is 153. The summed E-state index contributed by atoms with van der Waals surface area (Å²) in [7, 11) is 0. The molecule has 0 fully saturated rings. The Morgan fingerprint density at radius 3 is 1.00 bits per heavy atom. The first kappa shape index (κ1) is 33.2. The van der Waals surface area contributed by atoms with Crippen molar-refractivity contribution < 1.29 is 5.48 Å². The quantitative estimate of drug-likeness (QED) is 0.297. The van der Waals surface area contributed by atoms with E-state index in [9.17, 15) is 0 Å². The zero-order chi connectivity index (χ0) is 0. The molecule has 0 heterocycles. The van der Waals surface area contributed by atoms with Gasteiger partial charge < -0.3 is 5.48 Å². The summed E-state index contributed by atoms with van der Waals surface area (Å²) in [5, 5.41) is 0. The van der Waals surface area contributed by atoms with Crippen molar-refractivity contribution in [2.75, 3.05) is 0 Å². The van der Waals surface area contributed by atoms with Gasteiger partial charge >= 0.3 is 0 Å². The molecule has 0 aliphatic heterocycles. The molecule has 0 aromatic rings. The molecule has 0 aromatic heterocycles. The van der Waals surface area contributed by atoms with E-state index in [0.717, 1.165) is 0 Å². The van der Waals surface area contributed by atoms with Crippen LogP contribution >= 0.6 is 0 Å². The van der Waals surface area contributed by atoms with Crippen LogP contribution in [-0.2, 0) is 0 Å². The standard InChI is InChI=1S/Li.Mg.Na.H2O/h;;;1H2. The van der Waals surface area contributed by atoms with Crippen LogP contribution in [0.1, 0.15) is 0 Å². The maximum atomic E-state index is 0. The van der Waals surface area contributed by atoms with Gasteiger partial charge in [0.05, 0.1) is 0 Å².